The van der Waals surface area contributed by atoms with Crippen LogP contribution in [0.2, 0.25) is 0 Å². The number of rotatable bonds is 6. The molecule has 0 aromatic carbocycles. The van der Waals surface area contributed by atoms with Crippen LogP contribution in [0, 0.1) is 6.92 Å². The minimum absolute atomic E-state index is 0.00837. The van der Waals surface area contributed by atoms with E-state index < -0.39 is 15.6 Å². The molecule has 3 N–H and O–H groups in total. The van der Waals surface area contributed by atoms with Gasteiger partial charge in [-0.15, -0.1) is 0 Å². The van der Waals surface area contributed by atoms with Crippen LogP contribution in [0.5, 0.6) is 5.88 Å². The number of nitrogens with one attached hydrogen (secondary N) is 1. The van der Waals surface area contributed by atoms with Gasteiger partial charge in [0.1, 0.15) is 15.5 Å². The predicted molar refractivity (Wildman–Crippen MR) is 119 cm³/mol. The lowest BCUT2D eigenvalue weighted by Crippen LogP contribution is -2.38. The molecule has 4 rings (SSSR count). The van der Waals surface area contributed by atoms with Crippen LogP contribution in [0.4, 0.5) is 0 Å². The van der Waals surface area contributed by atoms with Gasteiger partial charge in [0.15, 0.2) is 0 Å². The molecule has 0 unspecified atom stereocenters. The number of aryl methyl sites for hydroxylation is 1. The normalized spacial score (nSPS) is 20.1. The lowest BCUT2D eigenvalue weighted by atomic mass is 9.94. The molecule has 1 aliphatic carbocycles. The molecule has 0 amide bonds. The van der Waals surface area contributed by atoms with Gasteiger partial charge in [-0.3, -0.25) is 0 Å². The second-order valence-electron chi connectivity index (χ2n) is 8.56. The van der Waals surface area contributed by atoms with Crippen molar-refractivity contribution >= 4 is 26.3 Å². The zero-order valence-electron chi connectivity index (χ0n) is 18.4. The van der Waals surface area contributed by atoms with Crippen molar-refractivity contribution in [1.29, 1.82) is 0 Å². The first kappa shape index (κ1) is 23.1. The van der Waals surface area contributed by atoms with Gasteiger partial charge < -0.3 is 14.9 Å². The van der Waals surface area contributed by atoms with Gasteiger partial charge in [0.2, 0.25) is 20.9 Å². The number of imidazole rings is 1. The maximum atomic E-state index is 13.2. The van der Waals surface area contributed by atoms with Crippen LogP contribution in [-0.2, 0) is 15.6 Å². The molecule has 0 radical (unpaired) electrons. The topological polar surface area (TPSA) is 139 Å². The minimum atomic E-state index is -3.92. The van der Waals surface area contributed by atoms with Crippen molar-refractivity contribution in [3.8, 4) is 17.1 Å². The van der Waals surface area contributed by atoms with Gasteiger partial charge in [-0.05, 0) is 52.5 Å². The molecule has 1 saturated carbocycles. The highest BCUT2D eigenvalue weighted by Crippen LogP contribution is 2.33. The maximum absolute atomic E-state index is 13.2. The van der Waals surface area contributed by atoms with Gasteiger partial charge in [-0.25, -0.2) is 27.6 Å². The highest BCUT2D eigenvalue weighted by Gasteiger charge is 2.29. The molecule has 174 valence electrons. The lowest BCUT2D eigenvalue weighted by molar-refractivity contribution is 0.0773. The third-order valence-corrected chi connectivity index (χ3v) is 8.23. The van der Waals surface area contributed by atoms with Crippen LogP contribution in [-0.4, -0.2) is 57.5 Å². The highest BCUT2D eigenvalue weighted by molar-refractivity contribution is 7.89. The van der Waals surface area contributed by atoms with Crippen molar-refractivity contribution in [2.24, 2.45) is 0 Å². The van der Waals surface area contributed by atoms with E-state index in [2.05, 4.69) is 19.8 Å². The molecular weight excluding hydrogens is 454 g/mol. The van der Waals surface area contributed by atoms with Crippen molar-refractivity contribution in [3.05, 3.63) is 23.0 Å². The Morgan fingerprint density at radius 3 is 2.59 bits per heavy atom. The first-order valence-electron chi connectivity index (χ1n) is 10.3. The molecule has 12 heteroatoms. The average molecular weight is 482 g/mol. The van der Waals surface area contributed by atoms with E-state index in [4.69, 9.17) is 4.74 Å². The van der Waals surface area contributed by atoms with Gasteiger partial charge in [-0.2, -0.15) is 5.10 Å². The third-order valence-electron chi connectivity index (χ3n) is 5.49. The molecule has 1 fully saturated rings. The van der Waals surface area contributed by atoms with Gasteiger partial charge >= 0.3 is 0 Å². The number of nitrogens with zero attached hydrogens (tertiary/aromatic N) is 4. The number of hydrogen-bond donors (Lipinski definition) is 3. The molecule has 3 aromatic rings. The third kappa shape index (κ3) is 4.37. The van der Waals surface area contributed by atoms with E-state index in [9.17, 15) is 18.6 Å². The molecule has 0 bridgehead atoms. The van der Waals surface area contributed by atoms with Crippen LogP contribution in [0.1, 0.15) is 50.2 Å². The van der Waals surface area contributed by atoms with Gasteiger partial charge in [0, 0.05) is 17.8 Å². The summed E-state index contributed by atoms with van der Waals surface area (Å²) in [5.74, 6) is -0.00837. The molecular formula is C20H27N5O5S2. The van der Waals surface area contributed by atoms with Crippen LogP contribution in [0.25, 0.3) is 16.2 Å². The summed E-state index contributed by atoms with van der Waals surface area (Å²) in [5, 5.41) is 25.0. The fraction of sp³-hybridized carbons (Fsp3) is 0.550. The Labute approximate surface area is 190 Å². The number of aliphatic hydroxyl groups is 2. The lowest BCUT2D eigenvalue weighted by Gasteiger charge is -2.26. The predicted octanol–water partition coefficient (Wildman–Crippen LogP) is 1.98. The molecule has 3 aromatic heterocycles. The number of ether oxygens (including phenoxy) is 1. The Bertz CT molecular complexity index is 1240. The Morgan fingerprint density at radius 2 is 1.97 bits per heavy atom. The van der Waals surface area contributed by atoms with E-state index in [-0.39, 0.29) is 22.9 Å². The van der Waals surface area contributed by atoms with Gasteiger partial charge in [-0.1, -0.05) is 11.3 Å². The number of aromatic nitrogens is 4. The van der Waals surface area contributed by atoms with E-state index in [0.29, 0.717) is 52.6 Å². The second kappa shape index (κ2) is 8.34. The monoisotopic (exact) mass is 481 g/mol. The summed E-state index contributed by atoms with van der Waals surface area (Å²) in [5.41, 5.74) is 0.651. The maximum Gasteiger partial charge on any atom is 0.246 e. The van der Waals surface area contributed by atoms with Crippen molar-refractivity contribution < 1.29 is 23.4 Å². The minimum Gasteiger partial charge on any atom is -0.480 e. The Kier molecular flexibility index (Phi) is 6.01. The molecule has 10 nitrogen and oxygen atoms in total. The summed E-state index contributed by atoms with van der Waals surface area (Å²) >= 11 is 1.27. The Hall–Kier alpha value is -2.12. The summed E-state index contributed by atoms with van der Waals surface area (Å²) in [4.78, 5) is 9.27. The summed E-state index contributed by atoms with van der Waals surface area (Å²) in [6.45, 7) is 5.10. The SMILES string of the molecule is COc1ncc(-c2c(C)nc3sc(C(C)(C)O)nn23)cc1S(=O)(=O)N[C@H]1CC[C@H](O)CC1. The summed E-state index contributed by atoms with van der Waals surface area (Å²) in [7, 11) is -2.55. The first-order valence-corrected chi connectivity index (χ1v) is 12.6. The summed E-state index contributed by atoms with van der Waals surface area (Å²) < 4.78 is 36.0. The zero-order valence-corrected chi connectivity index (χ0v) is 20.0. The van der Waals surface area contributed by atoms with Crippen molar-refractivity contribution in [2.75, 3.05) is 7.11 Å². The van der Waals surface area contributed by atoms with Crippen LogP contribution in [0.15, 0.2) is 17.2 Å². The standard InChI is InChI=1S/C20H27N5O5S2/c1-11-16(25-19(22-11)31-18(23-25)20(2,3)27)12-9-15(17(30-4)21-10-12)32(28,29)24-13-5-7-14(26)8-6-13/h9-10,13-14,24,26-27H,5-8H2,1-4H3/t13-,14-. The van der Waals surface area contributed by atoms with Crippen LogP contribution >= 0.6 is 11.3 Å². The van der Waals surface area contributed by atoms with Crippen molar-refractivity contribution in [1.82, 2.24) is 24.3 Å². The molecule has 3 heterocycles. The Balaban J connectivity index is 1.75. The van der Waals surface area contributed by atoms with Crippen molar-refractivity contribution in [3.63, 3.8) is 0 Å². The number of aliphatic hydroxyl groups excluding tert-OH is 1. The van der Waals surface area contributed by atoms with Crippen molar-refractivity contribution in [2.45, 2.75) is 69.1 Å². The number of hydrogen-bond acceptors (Lipinski definition) is 9. The largest absolute Gasteiger partial charge is 0.480 e. The molecule has 32 heavy (non-hydrogen) atoms. The molecule has 1 aliphatic rings. The second-order valence-corrected chi connectivity index (χ2v) is 11.2. The molecule has 0 atom stereocenters. The average Bonchev–Trinajstić information content (AvgIpc) is 3.26. The molecule has 0 aliphatic heterocycles. The first-order chi connectivity index (χ1) is 15.0. The van der Waals surface area contributed by atoms with E-state index in [1.807, 2.05) is 6.92 Å². The van der Waals surface area contributed by atoms with E-state index in [1.54, 1.807) is 18.4 Å². The quantitative estimate of drug-likeness (QED) is 0.486. The number of methoxy groups -OCH3 is 1. The number of sulfonamides is 1. The molecule has 0 spiro atoms. The fourth-order valence-corrected chi connectivity index (χ4v) is 6.21. The Morgan fingerprint density at radius 1 is 1.28 bits per heavy atom. The number of pyridine rings is 1. The van der Waals surface area contributed by atoms with Gasteiger partial charge in [0.25, 0.3) is 0 Å². The van der Waals surface area contributed by atoms with E-state index in [1.165, 1.54) is 30.7 Å². The molecule has 0 saturated heterocycles. The smallest absolute Gasteiger partial charge is 0.246 e. The van der Waals surface area contributed by atoms with Crippen LogP contribution < -0.4 is 9.46 Å². The van der Waals surface area contributed by atoms with Gasteiger partial charge in [0.05, 0.1) is 24.6 Å². The fourth-order valence-electron chi connectivity index (χ4n) is 3.81. The number of fused-ring (bicyclic) bond motifs is 1. The highest BCUT2D eigenvalue weighted by atomic mass is 32.2. The van der Waals surface area contributed by atoms with E-state index in [0.717, 1.165) is 0 Å². The zero-order chi connectivity index (χ0) is 23.3. The summed E-state index contributed by atoms with van der Waals surface area (Å²) in [6.07, 6.45) is 3.39. The summed E-state index contributed by atoms with van der Waals surface area (Å²) in [6, 6.07) is 1.25. The van der Waals surface area contributed by atoms with Crippen LogP contribution in [0.3, 0.4) is 0 Å². The van der Waals surface area contributed by atoms with E-state index >= 15 is 0 Å².